The Morgan fingerprint density at radius 1 is 1.04 bits per heavy atom. The van der Waals surface area contributed by atoms with E-state index in [2.05, 4.69) is 28.1 Å². The summed E-state index contributed by atoms with van der Waals surface area (Å²) < 4.78 is 13.7. The predicted octanol–water partition coefficient (Wildman–Crippen LogP) is 3.34. The van der Waals surface area contributed by atoms with Crippen molar-refractivity contribution in [2.24, 2.45) is 0 Å². The van der Waals surface area contributed by atoms with Gasteiger partial charge < -0.3 is 0 Å². The second-order valence-corrected chi connectivity index (χ2v) is 5.83. The molecular formula is C21H18FN3. The maximum atomic E-state index is 13.7. The Morgan fingerprint density at radius 2 is 1.80 bits per heavy atom. The first-order valence-electron chi connectivity index (χ1n) is 7.89. The van der Waals surface area contributed by atoms with Crippen LogP contribution in [0.4, 0.5) is 4.39 Å². The molecule has 0 aliphatic rings. The monoisotopic (exact) mass is 331 g/mol. The first-order chi connectivity index (χ1) is 12.0. The molecular weight excluding hydrogens is 313 g/mol. The van der Waals surface area contributed by atoms with Gasteiger partial charge in [-0.2, -0.15) is 0 Å². The highest BCUT2D eigenvalue weighted by Crippen LogP contribution is 2.26. The Morgan fingerprint density at radius 3 is 2.56 bits per heavy atom. The van der Waals surface area contributed by atoms with E-state index in [9.17, 15) is 4.39 Å². The molecule has 3 aromatic rings. The fraction of sp³-hybridized carbons (Fsp3) is 0.0952. The molecule has 25 heavy (non-hydrogen) atoms. The Bertz CT molecular complexity index is 1070. The second-order valence-electron chi connectivity index (χ2n) is 5.83. The molecule has 3 rings (SSSR count). The van der Waals surface area contributed by atoms with Crippen LogP contribution in [0.15, 0.2) is 49.2 Å². The fourth-order valence-electron chi connectivity index (χ4n) is 2.57. The highest BCUT2D eigenvalue weighted by Gasteiger charge is 2.10. The Labute approximate surface area is 145 Å². The topological polar surface area (TPSA) is 38.7 Å². The summed E-state index contributed by atoms with van der Waals surface area (Å²) in [7, 11) is 0. The lowest BCUT2D eigenvalue weighted by molar-refractivity contribution is 0.617. The fourth-order valence-corrected chi connectivity index (χ4v) is 2.57. The van der Waals surface area contributed by atoms with Gasteiger partial charge in [-0.05, 0) is 55.3 Å². The summed E-state index contributed by atoms with van der Waals surface area (Å²) in [6.45, 7) is 11.2. The van der Waals surface area contributed by atoms with Gasteiger partial charge in [0.2, 0.25) is 0 Å². The first-order valence-corrected chi connectivity index (χ1v) is 7.89. The minimum absolute atomic E-state index is 0.212. The summed E-state index contributed by atoms with van der Waals surface area (Å²) in [6, 6.07) is 8.99. The smallest absolute Gasteiger partial charge is 0.178 e. The van der Waals surface area contributed by atoms with Crippen LogP contribution < -0.4 is 10.6 Å². The van der Waals surface area contributed by atoms with E-state index in [0.29, 0.717) is 22.4 Å². The number of allylic oxidation sites excluding steroid dienone is 1. The van der Waals surface area contributed by atoms with Crippen LogP contribution in [0.2, 0.25) is 0 Å². The molecule has 2 heterocycles. The van der Waals surface area contributed by atoms with E-state index in [-0.39, 0.29) is 5.82 Å². The SMILES string of the molecule is C=C/C=c1/nc(-c2cccc(-c3cc(C)c(F)cc3C)n2)ncc1=C. The maximum Gasteiger partial charge on any atom is 0.178 e. The number of benzene rings is 1. The molecule has 0 unspecified atom stereocenters. The number of halogens is 1. The number of aromatic nitrogens is 3. The minimum Gasteiger partial charge on any atom is -0.244 e. The van der Waals surface area contributed by atoms with Crippen molar-refractivity contribution in [3.8, 4) is 22.8 Å². The molecule has 1 aromatic carbocycles. The number of nitrogens with zero attached hydrogens (tertiary/aromatic N) is 3. The standard InChI is InChI=1S/C21H18FN3/c1-5-7-18-15(4)12-23-21(25-18)20-9-6-8-19(24-20)16-10-14(3)17(22)11-13(16)2/h5-12H,1,4H2,2-3H3/b18-7+. The lowest BCUT2D eigenvalue weighted by Crippen LogP contribution is -2.28. The van der Waals surface area contributed by atoms with Crippen LogP contribution in [0.25, 0.3) is 35.4 Å². The van der Waals surface area contributed by atoms with E-state index in [4.69, 9.17) is 0 Å². The van der Waals surface area contributed by atoms with Crippen molar-refractivity contribution in [1.82, 2.24) is 15.0 Å². The molecule has 0 amide bonds. The summed E-state index contributed by atoms with van der Waals surface area (Å²) in [5.41, 5.74) is 3.73. The van der Waals surface area contributed by atoms with Crippen molar-refractivity contribution >= 4 is 12.7 Å². The molecule has 0 saturated carbocycles. The van der Waals surface area contributed by atoms with Gasteiger partial charge >= 0.3 is 0 Å². The van der Waals surface area contributed by atoms with Gasteiger partial charge in [-0.3, -0.25) is 0 Å². The largest absolute Gasteiger partial charge is 0.244 e. The van der Waals surface area contributed by atoms with Gasteiger partial charge in [0.25, 0.3) is 0 Å². The average Bonchev–Trinajstić information content (AvgIpc) is 2.60. The van der Waals surface area contributed by atoms with Crippen molar-refractivity contribution in [2.75, 3.05) is 0 Å². The number of rotatable bonds is 3. The number of pyridine rings is 1. The van der Waals surface area contributed by atoms with Crippen LogP contribution >= 0.6 is 0 Å². The predicted molar refractivity (Wildman–Crippen MR) is 99.6 cm³/mol. The molecule has 0 spiro atoms. The third kappa shape index (κ3) is 3.38. The molecule has 0 atom stereocenters. The zero-order valence-corrected chi connectivity index (χ0v) is 14.3. The van der Waals surface area contributed by atoms with Crippen LogP contribution in [0.3, 0.4) is 0 Å². The molecule has 2 aromatic heterocycles. The molecule has 0 bridgehead atoms. The van der Waals surface area contributed by atoms with Crippen LogP contribution in [0.1, 0.15) is 11.1 Å². The number of hydrogen-bond acceptors (Lipinski definition) is 3. The molecule has 0 aliphatic carbocycles. The number of aryl methyl sites for hydroxylation is 2. The van der Waals surface area contributed by atoms with E-state index < -0.39 is 0 Å². The molecule has 3 nitrogen and oxygen atoms in total. The van der Waals surface area contributed by atoms with Crippen LogP contribution in [0.5, 0.6) is 0 Å². The van der Waals surface area contributed by atoms with Crippen LogP contribution in [-0.2, 0) is 0 Å². The molecule has 0 N–H and O–H groups in total. The molecule has 0 saturated heterocycles. The number of hydrogen-bond donors (Lipinski definition) is 0. The van der Waals surface area contributed by atoms with Crippen molar-refractivity contribution < 1.29 is 4.39 Å². The Balaban J connectivity index is 2.14. The second kappa shape index (κ2) is 6.77. The summed E-state index contributed by atoms with van der Waals surface area (Å²) >= 11 is 0. The average molecular weight is 331 g/mol. The lowest BCUT2D eigenvalue weighted by atomic mass is 10.0. The van der Waals surface area contributed by atoms with E-state index >= 15 is 0 Å². The minimum atomic E-state index is -0.212. The zero-order chi connectivity index (χ0) is 18.0. The van der Waals surface area contributed by atoms with Crippen molar-refractivity contribution in [3.05, 3.63) is 76.7 Å². The quantitative estimate of drug-likeness (QED) is 0.739. The van der Waals surface area contributed by atoms with Gasteiger partial charge in [0.05, 0.1) is 11.0 Å². The van der Waals surface area contributed by atoms with E-state index in [1.807, 2.05) is 31.2 Å². The highest BCUT2D eigenvalue weighted by molar-refractivity contribution is 5.67. The van der Waals surface area contributed by atoms with Crippen molar-refractivity contribution in [2.45, 2.75) is 13.8 Å². The maximum absolute atomic E-state index is 13.7. The van der Waals surface area contributed by atoms with Crippen LogP contribution in [-0.4, -0.2) is 15.0 Å². The summed E-state index contributed by atoms with van der Waals surface area (Å²) in [5, 5.41) is 1.44. The molecule has 0 aliphatic heterocycles. The van der Waals surface area contributed by atoms with Gasteiger partial charge in [0.1, 0.15) is 11.5 Å². The molecule has 0 radical (unpaired) electrons. The molecule has 4 heteroatoms. The lowest BCUT2D eigenvalue weighted by Gasteiger charge is -2.09. The molecule has 0 fully saturated rings. The zero-order valence-electron chi connectivity index (χ0n) is 14.3. The third-order valence-electron chi connectivity index (χ3n) is 3.93. The Hall–Kier alpha value is -3.14. The van der Waals surface area contributed by atoms with Crippen LogP contribution in [0, 0.1) is 19.7 Å². The summed E-state index contributed by atoms with van der Waals surface area (Å²) in [4.78, 5) is 13.5. The summed E-state index contributed by atoms with van der Waals surface area (Å²) in [5.74, 6) is 0.301. The van der Waals surface area contributed by atoms with Gasteiger partial charge in [0, 0.05) is 17.0 Å². The summed E-state index contributed by atoms with van der Waals surface area (Å²) in [6.07, 6.45) is 5.11. The molecule has 124 valence electrons. The van der Waals surface area contributed by atoms with Gasteiger partial charge in [0.15, 0.2) is 5.82 Å². The van der Waals surface area contributed by atoms with Gasteiger partial charge in [-0.15, -0.1) is 0 Å². The third-order valence-corrected chi connectivity index (χ3v) is 3.93. The van der Waals surface area contributed by atoms with Gasteiger partial charge in [-0.25, -0.2) is 19.3 Å². The first kappa shape index (κ1) is 16.7. The van der Waals surface area contributed by atoms with Crippen molar-refractivity contribution in [1.29, 1.82) is 0 Å². The van der Waals surface area contributed by atoms with E-state index in [1.165, 1.54) is 6.07 Å². The Kier molecular flexibility index (Phi) is 4.52. The highest BCUT2D eigenvalue weighted by atomic mass is 19.1. The van der Waals surface area contributed by atoms with E-state index in [1.54, 1.807) is 25.3 Å². The van der Waals surface area contributed by atoms with E-state index in [0.717, 1.165) is 22.0 Å². The normalized spacial score (nSPS) is 11.6. The van der Waals surface area contributed by atoms with Gasteiger partial charge in [-0.1, -0.05) is 25.3 Å². The van der Waals surface area contributed by atoms with Crippen molar-refractivity contribution in [3.63, 3.8) is 0 Å².